The van der Waals surface area contributed by atoms with Crippen LogP contribution < -0.4 is 0 Å². The Kier molecular flexibility index (Phi) is 19.5. The number of unbranched alkanes of at least 4 members (excludes halogenated alkanes) is 2. The lowest BCUT2D eigenvalue weighted by Gasteiger charge is -2.03. The highest BCUT2D eigenvalue weighted by Gasteiger charge is 2.02. The first kappa shape index (κ1) is 23.5. The summed E-state index contributed by atoms with van der Waals surface area (Å²) >= 11 is 0. The van der Waals surface area contributed by atoms with E-state index < -0.39 is 17.9 Å². The van der Waals surface area contributed by atoms with Gasteiger partial charge in [-0.25, -0.2) is 14.4 Å². The standard InChI is InChI=1S/C8H14O3.2C3H4O2/c1-3-4-5-6-11-7(2)8(9)10;2*1-2-3(4)5/h2-6H2,1H3,(H,9,10);2*2H,1H2,(H,4,5). The molecule has 21 heavy (non-hydrogen) atoms. The van der Waals surface area contributed by atoms with E-state index in [0.717, 1.165) is 31.4 Å². The molecular formula is C14H22O7. The third kappa shape index (κ3) is 31.8. The average Bonchev–Trinajstić information content (AvgIpc) is 2.44. The predicted molar refractivity (Wildman–Crippen MR) is 77.9 cm³/mol. The molecule has 0 unspecified atom stereocenters. The van der Waals surface area contributed by atoms with Gasteiger partial charge in [0.15, 0.2) is 5.76 Å². The summed E-state index contributed by atoms with van der Waals surface area (Å²) in [6.45, 7) is 11.7. The molecule has 7 heteroatoms. The third-order valence-electron chi connectivity index (χ3n) is 1.61. The van der Waals surface area contributed by atoms with Crippen LogP contribution in [0.1, 0.15) is 26.2 Å². The molecule has 0 fully saturated rings. The number of hydrogen-bond donors (Lipinski definition) is 3. The van der Waals surface area contributed by atoms with E-state index in [0.29, 0.717) is 6.61 Å². The maximum Gasteiger partial charge on any atom is 0.370 e. The smallest absolute Gasteiger partial charge is 0.370 e. The predicted octanol–water partition coefficient (Wildman–Crippen LogP) is 2.31. The fourth-order valence-electron chi connectivity index (χ4n) is 0.609. The Morgan fingerprint density at radius 2 is 1.38 bits per heavy atom. The summed E-state index contributed by atoms with van der Waals surface area (Å²) in [6, 6.07) is 0. The molecule has 0 saturated carbocycles. The molecule has 120 valence electrons. The minimum absolute atomic E-state index is 0.166. The van der Waals surface area contributed by atoms with Crippen LogP contribution in [-0.2, 0) is 19.1 Å². The third-order valence-corrected chi connectivity index (χ3v) is 1.61. The minimum Gasteiger partial charge on any atom is -0.487 e. The lowest BCUT2D eigenvalue weighted by molar-refractivity contribution is -0.136. The number of rotatable bonds is 8. The molecule has 0 aliphatic carbocycles. The van der Waals surface area contributed by atoms with Crippen molar-refractivity contribution in [2.75, 3.05) is 6.61 Å². The van der Waals surface area contributed by atoms with Gasteiger partial charge in [-0.3, -0.25) is 0 Å². The Hall–Kier alpha value is -2.57. The van der Waals surface area contributed by atoms with Crippen molar-refractivity contribution in [1.29, 1.82) is 0 Å². The van der Waals surface area contributed by atoms with Gasteiger partial charge in [0.2, 0.25) is 0 Å². The van der Waals surface area contributed by atoms with Crippen LogP contribution in [0.25, 0.3) is 0 Å². The molecule has 3 N–H and O–H groups in total. The molecule has 0 bridgehead atoms. The Morgan fingerprint density at radius 1 is 1.00 bits per heavy atom. The zero-order chi connectivity index (χ0) is 17.3. The Balaban J connectivity index is -0.000000270. The highest BCUT2D eigenvalue weighted by atomic mass is 16.5. The molecule has 0 rings (SSSR count). The maximum atomic E-state index is 10.1. The van der Waals surface area contributed by atoms with Gasteiger partial charge in [-0.05, 0) is 13.0 Å². The molecule has 0 heterocycles. The van der Waals surface area contributed by atoms with E-state index in [2.05, 4.69) is 26.7 Å². The summed E-state index contributed by atoms with van der Waals surface area (Å²) in [5.74, 6) is -3.21. The van der Waals surface area contributed by atoms with E-state index in [9.17, 15) is 14.4 Å². The number of carbonyl (C=O) groups is 3. The number of carboxylic acid groups (broad SMARTS) is 3. The number of hydrogen-bond acceptors (Lipinski definition) is 4. The highest BCUT2D eigenvalue weighted by molar-refractivity contribution is 5.83. The second-order valence-corrected chi connectivity index (χ2v) is 3.37. The van der Waals surface area contributed by atoms with Crippen molar-refractivity contribution >= 4 is 17.9 Å². The number of ether oxygens (including phenoxy) is 1. The highest BCUT2D eigenvalue weighted by Crippen LogP contribution is 1.98. The Labute approximate surface area is 123 Å². The summed E-state index contributed by atoms with van der Waals surface area (Å²) in [7, 11) is 0. The van der Waals surface area contributed by atoms with E-state index in [1.54, 1.807) is 0 Å². The van der Waals surface area contributed by atoms with Crippen LogP contribution in [0.3, 0.4) is 0 Å². The van der Waals surface area contributed by atoms with E-state index in [4.69, 9.17) is 20.1 Å². The van der Waals surface area contributed by atoms with Crippen molar-refractivity contribution < 1.29 is 34.4 Å². The number of carboxylic acids is 3. The number of aliphatic carboxylic acids is 3. The SMILES string of the molecule is C=C(OCCCCC)C(=O)O.C=CC(=O)O.C=CC(=O)O. The molecule has 0 saturated heterocycles. The molecule has 0 aromatic carbocycles. The molecule has 7 nitrogen and oxygen atoms in total. The van der Waals surface area contributed by atoms with Gasteiger partial charge in [-0.15, -0.1) is 0 Å². The normalized spacial score (nSPS) is 7.86. The molecule has 0 aliphatic heterocycles. The van der Waals surface area contributed by atoms with Crippen molar-refractivity contribution in [3.63, 3.8) is 0 Å². The second kappa shape index (κ2) is 17.4. The molecule has 0 atom stereocenters. The molecule has 0 amide bonds. The lowest BCUT2D eigenvalue weighted by Crippen LogP contribution is -2.04. The fourth-order valence-corrected chi connectivity index (χ4v) is 0.609. The van der Waals surface area contributed by atoms with E-state index in [1.165, 1.54) is 0 Å². The quantitative estimate of drug-likeness (QED) is 0.357. The summed E-state index contributed by atoms with van der Waals surface area (Å²) in [5.41, 5.74) is 0. The van der Waals surface area contributed by atoms with Crippen LogP contribution in [0.5, 0.6) is 0 Å². The van der Waals surface area contributed by atoms with Crippen molar-refractivity contribution in [1.82, 2.24) is 0 Å². The monoisotopic (exact) mass is 302 g/mol. The zero-order valence-corrected chi connectivity index (χ0v) is 12.1. The van der Waals surface area contributed by atoms with Crippen molar-refractivity contribution in [3.05, 3.63) is 37.6 Å². The first-order valence-electron chi connectivity index (χ1n) is 5.98. The van der Waals surface area contributed by atoms with Crippen molar-refractivity contribution in [2.45, 2.75) is 26.2 Å². The second-order valence-electron chi connectivity index (χ2n) is 3.37. The fraction of sp³-hybridized carbons (Fsp3) is 0.357. The summed E-state index contributed by atoms with van der Waals surface area (Å²) in [6.07, 6.45) is 4.72. The van der Waals surface area contributed by atoms with Crippen LogP contribution in [-0.4, -0.2) is 39.8 Å². The Bertz CT molecular complexity index is 340. The molecule has 0 spiro atoms. The van der Waals surface area contributed by atoms with Crippen molar-refractivity contribution in [3.8, 4) is 0 Å². The molecule has 0 aliphatic rings. The molecular weight excluding hydrogens is 280 g/mol. The van der Waals surface area contributed by atoms with Crippen LogP contribution in [0.15, 0.2) is 37.6 Å². The topological polar surface area (TPSA) is 121 Å². The first-order valence-corrected chi connectivity index (χ1v) is 5.98. The van der Waals surface area contributed by atoms with Crippen LogP contribution in [0, 0.1) is 0 Å². The Morgan fingerprint density at radius 3 is 1.62 bits per heavy atom. The maximum absolute atomic E-state index is 10.1. The summed E-state index contributed by atoms with van der Waals surface area (Å²) < 4.78 is 4.81. The summed E-state index contributed by atoms with van der Waals surface area (Å²) in [4.78, 5) is 28.6. The van der Waals surface area contributed by atoms with Crippen LogP contribution in [0.2, 0.25) is 0 Å². The first-order chi connectivity index (χ1) is 9.72. The van der Waals surface area contributed by atoms with Crippen LogP contribution >= 0.6 is 0 Å². The lowest BCUT2D eigenvalue weighted by atomic mass is 10.3. The molecule has 0 aromatic rings. The minimum atomic E-state index is -1.08. The van der Waals surface area contributed by atoms with Gasteiger partial charge < -0.3 is 20.1 Å². The zero-order valence-electron chi connectivity index (χ0n) is 12.1. The van der Waals surface area contributed by atoms with E-state index in [-0.39, 0.29) is 5.76 Å². The van der Waals surface area contributed by atoms with Gasteiger partial charge in [0.05, 0.1) is 6.61 Å². The van der Waals surface area contributed by atoms with Gasteiger partial charge in [-0.2, -0.15) is 0 Å². The molecule has 0 radical (unpaired) electrons. The van der Waals surface area contributed by atoms with Gasteiger partial charge in [-0.1, -0.05) is 32.9 Å². The van der Waals surface area contributed by atoms with Gasteiger partial charge in [0, 0.05) is 12.2 Å². The van der Waals surface area contributed by atoms with Gasteiger partial charge in [0.1, 0.15) is 0 Å². The molecule has 0 aromatic heterocycles. The van der Waals surface area contributed by atoms with E-state index in [1.807, 2.05) is 0 Å². The van der Waals surface area contributed by atoms with Crippen LogP contribution in [0.4, 0.5) is 0 Å². The van der Waals surface area contributed by atoms with Gasteiger partial charge in [0.25, 0.3) is 0 Å². The average molecular weight is 302 g/mol. The van der Waals surface area contributed by atoms with Gasteiger partial charge >= 0.3 is 17.9 Å². The van der Waals surface area contributed by atoms with E-state index >= 15 is 0 Å². The summed E-state index contributed by atoms with van der Waals surface area (Å²) in [5, 5.41) is 23.5. The largest absolute Gasteiger partial charge is 0.487 e. The van der Waals surface area contributed by atoms with Crippen molar-refractivity contribution in [2.24, 2.45) is 0 Å².